The number of hydrogen-bond donors (Lipinski definition) is 0. The van der Waals surface area contributed by atoms with Gasteiger partial charge in [0.15, 0.2) is 6.61 Å². The SMILES string of the molecule is COc1cc(OC)cc(C(=O)N2CCCN(C(=O)COc3ccc(C)cc3)CC2)c1. The molecule has 1 fully saturated rings. The van der Waals surface area contributed by atoms with Gasteiger partial charge in [-0.15, -0.1) is 0 Å². The van der Waals surface area contributed by atoms with Crippen LogP contribution in [0.5, 0.6) is 17.2 Å². The minimum absolute atomic E-state index is 0.00983. The van der Waals surface area contributed by atoms with Gasteiger partial charge in [-0.05, 0) is 37.6 Å². The van der Waals surface area contributed by atoms with Crippen molar-refractivity contribution in [1.82, 2.24) is 9.80 Å². The van der Waals surface area contributed by atoms with Crippen molar-refractivity contribution in [2.24, 2.45) is 0 Å². The molecule has 7 nitrogen and oxygen atoms in total. The van der Waals surface area contributed by atoms with Crippen LogP contribution in [0.1, 0.15) is 22.3 Å². The van der Waals surface area contributed by atoms with E-state index >= 15 is 0 Å². The molecule has 0 aliphatic carbocycles. The molecule has 1 heterocycles. The summed E-state index contributed by atoms with van der Waals surface area (Å²) >= 11 is 0. The van der Waals surface area contributed by atoms with Crippen LogP contribution in [0, 0.1) is 6.92 Å². The van der Waals surface area contributed by atoms with E-state index in [2.05, 4.69) is 0 Å². The van der Waals surface area contributed by atoms with E-state index in [0.29, 0.717) is 55.4 Å². The van der Waals surface area contributed by atoms with E-state index in [4.69, 9.17) is 14.2 Å². The van der Waals surface area contributed by atoms with Gasteiger partial charge in [0, 0.05) is 37.8 Å². The minimum Gasteiger partial charge on any atom is -0.497 e. The summed E-state index contributed by atoms with van der Waals surface area (Å²) in [6.07, 6.45) is 0.711. The Hall–Kier alpha value is -3.22. The Morgan fingerprint density at radius 1 is 0.833 bits per heavy atom. The van der Waals surface area contributed by atoms with Crippen LogP contribution in [0.15, 0.2) is 42.5 Å². The maximum atomic E-state index is 13.0. The first kappa shape index (κ1) is 21.5. The number of rotatable bonds is 6. The molecule has 0 aromatic heterocycles. The second-order valence-electron chi connectivity index (χ2n) is 7.23. The number of hydrogen-bond acceptors (Lipinski definition) is 5. The Balaban J connectivity index is 1.58. The predicted molar refractivity (Wildman–Crippen MR) is 113 cm³/mol. The number of aryl methyl sites for hydroxylation is 1. The first-order valence-corrected chi connectivity index (χ1v) is 9.99. The van der Waals surface area contributed by atoms with E-state index < -0.39 is 0 Å². The van der Waals surface area contributed by atoms with Gasteiger partial charge in [-0.25, -0.2) is 0 Å². The summed E-state index contributed by atoms with van der Waals surface area (Å²) in [5, 5.41) is 0. The molecule has 7 heteroatoms. The fourth-order valence-electron chi connectivity index (χ4n) is 3.35. The number of carbonyl (C=O) groups is 2. The smallest absolute Gasteiger partial charge is 0.260 e. The molecule has 0 unspecified atom stereocenters. The first-order valence-electron chi connectivity index (χ1n) is 9.99. The molecule has 0 atom stereocenters. The third-order valence-corrected chi connectivity index (χ3v) is 5.12. The Morgan fingerprint density at radius 2 is 1.43 bits per heavy atom. The van der Waals surface area contributed by atoms with E-state index in [1.807, 2.05) is 31.2 Å². The van der Waals surface area contributed by atoms with Crippen LogP contribution in [0.3, 0.4) is 0 Å². The van der Waals surface area contributed by atoms with Gasteiger partial charge < -0.3 is 24.0 Å². The molecule has 1 aliphatic rings. The highest BCUT2D eigenvalue weighted by atomic mass is 16.5. The van der Waals surface area contributed by atoms with Crippen LogP contribution in [0.25, 0.3) is 0 Å². The normalized spacial score (nSPS) is 14.1. The second-order valence-corrected chi connectivity index (χ2v) is 7.23. The third-order valence-electron chi connectivity index (χ3n) is 5.12. The Bertz CT molecular complexity index is 859. The number of ether oxygens (including phenoxy) is 3. The van der Waals surface area contributed by atoms with E-state index in [0.717, 1.165) is 5.56 Å². The van der Waals surface area contributed by atoms with Gasteiger partial charge in [0.2, 0.25) is 0 Å². The Kier molecular flexibility index (Phi) is 7.17. The number of benzene rings is 2. The van der Waals surface area contributed by atoms with Gasteiger partial charge in [0.25, 0.3) is 11.8 Å². The molecule has 2 amide bonds. The summed E-state index contributed by atoms with van der Waals surface area (Å²) in [5.74, 6) is 1.63. The minimum atomic E-state index is -0.0996. The van der Waals surface area contributed by atoms with Crippen LogP contribution in [-0.2, 0) is 4.79 Å². The summed E-state index contributed by atoms with van der Waals surface area (Å²) in [4.78, 5) is 29.1. The molecule has 1 saturated heterocycles. The zero-order chi connectivity index (χ0) is 21.5. The van der Waals surface area contributed by atoms with Crippen LogP contribution < -0.4 is 14.2 Å². The molecular formula is C23H28N2O5. The van der Waals surface area contributed by atoms with Crippen molar-refractivity contribution in [3.8, 4) is 17.2 Å². The number of carbonyl (C=O) groups excluding carboxylic acids is 2. The van der Waals surface area contributed by atoms with Gasteiger partial charge in [0.05, 0.1) is 14.2 Å². The molecular weight excluding hydrogens is 384 g/mol. The number of amides is 2. The van der Waals surface area contributed by atoms with E-state index in [9.17, 15) is 9.59 Å². The summed E-state index contributed by atoms with van der Waals surface area (Å²) in [5.41, 5.74) is 1.65. The quantitative estimate of drug-likeness (QED) is 0.730. The van der Waals surface area contributed by atoms with Crippen LogP contribution in [0.4, 0.5) is 0 Å². The molecule has 0 radical (unpaired) electrons. The van der Waals surface area contributed by atoms with Crippen molar-refractivity contribution >= 4 is 11.8 Å². The van der Waals surface area contributed by atoms with E-state index in [-0.39, 0.29) is 18.4 Å². The topological polar surface area (TPSA) is 68.3 Å². The molecule has 0 saturated carbocycles. The molecule has 3 rings (SSSR count). The van der Waals surface area contributed by atoms with Crippen LogP contribution in [0.2, 0.25) is 0 Å². The third kappa shape index (κ3) is 5.43. The molecule has 30 heavy (non-hydrogen) atoms. The van der Waals surface area contributed by atoms with E-state index in [1.165, 1.54) is 0 Å². The summed E-state index contributed by atoms with van der Waals surface area (Å²) in [7, 11) is 3.11. The molecule has 2 aromatic rings. The number of nitrogens with zero attached hydrogens (tertiary/aromatic N) is 2. The lowest BCUT2D eigenvalue weighted by Crippen LogP contribution is -2.39. The van der Waals surface area contributed by atoms with Crippen LogP contribution in [-0.4, -0.2) is 68.6 Å². The molecule has 0 bridgehead atoms. The zero-order valence-electron chi connectivity index (χ0n) is 17.7. The highest BCUT2D eigenvalue weighted by molar-refractivity contribution is 5.95. The lowest BCUT2D eigenvalue weighted by Gasteiger charge is -2.22. The van der Waals surface area contributed by atoms with Crippen LogP contribution >= 0.6 is 0 Å². The summed E-state index contributed by atoms with van der Waals surface area (Å²) in [6, 6.07) is 12.7. The van der Waals surface area contributed by atoms with Gasteiger partial charge in [-0.1, -0.05) is 17.7 Å². The monoisotopic (exact) mass is 412 g/mol. The maximum absolute atomic E-state index is 13.0. The fourth-order valence-corrected chi connectivity index (χ4v) is 3.35. The average molecular weight is 412 g/mol. The lowest BCUT2D eigenvalue weighted by atomic mass is 10.1. The van der Waals surface area contributed by atoms with Gasteiger partial charge >= 0.3 is 0 Å². The summed E-state index contributed by atoms with van der Waals surface area (Å²) < 4.78 is 16.1. The fraction of sp³-hybridized carbons (Fsp3) is 0.391. The standard InChI is InChI=1S/C23H28N2O5/c1-17-5-7-19(8-6-17)30-16-22(26)24-9-4-10-25(12-11-24)23(27)18-13-20(28-2)15-21(14-18)29-3/h5-8,13-15H,4,9-12,16H2,1-3H3. The molecule has 1 aliphatic heterocycles. The second kappa shape index (κ2) is 10.0. The predicted octanol–water partition coefficient (Wildman–Crippen LogP) is 2.77. The molecule has 0 N–H and O–H groups in total. The Labute approximate surface area is 177 Å². The molecule has 160 valence electrons. The zero-order valence-corrected chi connectivity index (χ0v) is 17.7. The van der Waals surface area contributed by atoms with Crippen molar-refractivity contribution in [2.75, 3.05) is 47.0 Å². The molecule has 2 aromatic carbocycles. The highest BCUT2D eigenvalue weighted by Crippen LogP contribution is 2.24. The van der Waals surface area contributed by atoms with Crippen molar-refractivity contribution in [3.05, 3.63) is 53.6 Å². The van der Waals surface area contributed by atoms with Gasteiger partial charge in [-0.2, -0.15) is 0 Å². The van der Waals surface area contributed by atoms with Gasteiger partial charge in [-0.3, -0.25) is 9.59 Å². The van der Waals surface area contributed by atoms with Gasteiger partial charge in [0.1, 0.15) is 17.2 Å². The summed E-state index contributed by atoms with van der Waals surface area (Å²) in [6.45, 7) is 4.12. The first-order chi connectivity index (χ1) is 14.5. The van der Waals surface area contributed by atoms with Crippen molar-refractivity contribution < 1.29 is 23.8 Å². The number of methoxy groups -OCH3 is 2. The van der Waals surface area contributed by atoms with Crippen molar-refractivity contribution in [1.29, 1.82) is 0 Å². The molecule has 0 spiro atoms. The maximum Gasteiger partial charge on any atom is 0.260 e. The van der Waals surface area contributed by atoms with E-state index in [1.54, 1.807) is 42.2 Å². The van der Waals surface area contributed by atoms with Crippen molar-refractivity contribution in [3.63, 3.8) is 0 Å². The largest absolute Gasteiger partial charge is 0.497 e. The Morgan fingerprint density at radius 3 is 2.07 bits per heavy atom. The average Bonchev–Trinajstić information content (AvgIpc) is 3.04. The van der Waals surface area contributed by atoms with Crippen molar-refractivity contribution in [2.45, 2.75) is 13.3 Å². The highest BCUT2D eigenvalue weighted by Gasteiger charge is 2.24. The lowest BCUT2D eigenvalue weighted by molar-refractivity contribution is -0.133.